The number of halogens is 2. The van der Waals surface area contributed by atoms with Gasteiger partial charge in [-0.15, -0.1) is 0 Å². The summed E-state index contributed by atoms with van der Waals surface area (Å²) in [5.41, 5.74) is 1.01. The summed E-state index contributed by atoms with van der Waals surface area (Å²) in [6, 6.07) is 7.76. The number of phenols is 4. The van der Waals surface area contributed by atoms with Gasteiger partial charge >= 0.3 is 5.97 Å². The first kappa shape index (κ1) is 20.9. The van der Waals surface area contributed by atoms with Gasteiger partial charge in [-0.2, -0.15) is 0 Å². The van der Waals surface area contributed by atoms with Crippen molar-refractivity contribution in [1.82, 2.24) is 0 Å². The summed E-state index contributed by atoms with van der Waals surface area (Å²) < 4.78 is 32.9. The fraction of sp³-hybridized carbons (Fsp3) is 0.136. The van der Waals surface area contributed by atoms with Crippen molar-refractivity contribution in [3.63, 3.8) is 0 Å². The number of ether oxygens (including phenoxy) is 1. The highest BCUT2D eigenvalue weighted by atomic mass is 19.1. The Bertz CT molecular complexity index is 1090. The second-order valence-electron chi connectivity index (χ2n) is 6.72. The summed E-state index contributed by atoms with van der Waals surface area (Å²) in [5.74, 6) is -6.31. The average molecular weight is 416 g/mol. The van der Waals surface area contributed by atoms with Gasteiger partial charge < -0.3 is 25.2 Å². The van der Waals surface area contributed by atoms with Crippen molar-refractivity contribution in [2.45, 2.75) is 12.8 Å². The van der Waals surface area contributed by atoms with E-state index in [0.29, 0.717) is 11.1 Å². The number of carbonyl (C=O) groups excluding carboxylic acids is 1. The number of hydrogen-bond acceptors (Lipinski definition) is 6. The van der Waals surface area contributed by atoms with Crippen LogP contribution in [0.4, 0.5) is 8.78 Å². The molecule has 0 heterocycles. The molecular formula is C22H18F2O6. The fourth-order valence-corrected chi connectivity index (χ4v) is 3.34. The third-order valence-electron chi connectivity index (χ3n) is 4.82. The van der Waals surface area contributed by atoms with Gasteiger partial charge in [-0.25, -0.2) is 13.6 Å². The maximum absolute atomic E-state index is 14.1. The largest absolute Gasteiger partial charge is 0.507 e. The van der Waals surface area contributed by atoms with Crippen LogP contribution in [0.5, 0.6) is 23.0 Å². The van der Waals surface area contributed by atoms with Crippen LogP contribution >= 0.6 is 0 Å². The maximum atomic E-state index is 14.1. The summed E-state index contributed by atoms with van der Waals surface area (Å²) in [7, 11) is 1.23. The molecule has 3 rings (SSSR count). The summed E-state index contributed by atoms with van der Waals surface area (Å²) in [6.45, 7) is 1.64. The molecule has 8 heteroatoms. The van der Waals surface area contributed by atoms with Crippen LogP contribution in [0.15, 0.2) is 42.5 Å². The molecule has 0 atom stereocenters. The van der Waals surface area contributed by atoms with E-state index < -0.39 is 46.5 Å². The van der Waals surface area contributed by atoms with E-state index in [0.717, 1.165) is 24.3 Å². The molecule has 3 aromatic carbocycles. The van der Waals surface area contributed by atoms with Gasteiger partial charge in [-0.05, 0) is 42.3 Å². The van der Waals surface area contributed by atoms with Gasteiger partial charge in [0, 0.05) is 29.2 Å². The molecule has 30 heavy (non-hydrogen) atoms. The highest BCUT2D eigenvalue weighted by molar-refractivity contribution is 5.89. The Morgan fingerprint density at radius 2 is 1.30 bits per heavy atom. The Balaban J connectivity index is 2.31. The first-order valence-electron chi connectivity index (χ1n) is 8.75. The number of carbonyl (C=O) groups is 1. The topological polar surface area (TPSA) is 107 Å². The molecule has 0 aliphatic heterocycles. The van der Waals surface area contributed by atoms with Gasteiger partial charge in [0.25, 0.3) is 0 Å². The molecular weight excluding hydrogens is 398 g/mol. The van der Waals surface area contributed by atoms with Crippen molar-refractivity contribution >= 4 is 5.97 Å². The van der Waals surface area contributed by atoms with Crippen molar-refractivity contribution in [3.8, 4) is 23.0 Å². The molecule has 0 aliphatic carbocycles. The van der Waals surface area contributed by atoms with Crippen LogP contribution < -0.4 is 0 Å². The lowest BCUT2D eigenvalue weighted by Crippen LogP contribution is -2.09. The van der Waals surface area contributed by atoms with Gasteiger partial charge in [-0.3, -0.25) is 0 Å². The Morgan fingerprint density at radius 1 is 0.800 bits per heavy atom. The molecule has 0 fully saturated rings. The minimum Gasteiger partial charge on any atom is -0.507 e. The molecule has 0 bridgehead atoms. The zero-order valence-electron chi connectivity index (χ0n) is 16.0. The molecule has 4 N–H and O–H groups in total. The molecule has 0 aromatic heterocycles. The van der Waals surface area contributed by atoms with E-state index in [-0.39, 0.29) is 16.7 Å². The normalized spacial score (nSPS) is 11.0. The van der Waals surface area contributed by atoms with E-state index in [1.54, 1.807) is 6.92 Å². The number of esters is 1. The molecule has 6 nitrogen and oxygen atoms in total. The third-order valence-corrected chi connectivity index (χ3v) is 4.82. The van der Waals surface area contributed by atoms with E-state index >= 15 is 0 Å². The van der Waals surface area contributed by atoms with Crippen LogP contribution in [0.3, 0.4) is 0 Å². The Labute approximate surface area is 170 Å². The molecule has 3 aromatic rings. The minimum absolute atomic E-state index is 0.0698. The van der Waals surface area contributed by atoms with Crippen molar-refractivity contribution in [2.24, 2.45) is 0 Å². The van der Waals surface area contributed by atoms with Gasteiger partial charge in [-0.1, -0.05) is 6.07 Å². The van der Waals surface area contributed by atoms with E-state index in [1.807, 2.05) is 0 Å². The van der Waals surface area contributed by atoms with E-state index in [4.69, 9.17) is 0 Å². The summed E-state index contributed by atoms with van der Waals surface area (Å²) in [6.07, 6.45) is 0. The predicted molar refractivity (Wildman–Crippen MR) is 103 cm³/mol. The lowest BCUT2D eigenvalue weighted by atomic mass is 9.81. The van der Waals surface area contributed by atoms with Gasteiger partial charge in [0.15, 0.2) is 23.1 Å². The van der Waals surface area contributed by atoms with Crippen LogP contribution in [-0.2, 0) is 4.74 Å². The van der Waals surface area contributed by atoms with Crippen molar-refractivity contribution in [3.05, 3.63) is 81.9 Å². The second-order valence-corrected chi connectivity index (χ2v) is 6.72. The highest BCUT2D eigenvalue weighted by Crippen LogP contribution is 2.44. The number of benzene rings is 3. The summed E-state index contributed by atoms with van der Waals surface area (Å²) in [4.78, 5) is 11.8. The van der Waals surface area contributed by atoms with E-state index in [1.165, 1.54) is 25.3 Å². The zero-order chi connectivity index (χ0) is 22.2. The average Bonchev–Trinajstić information content (AvgIpc) is 2.70. The van der Waals surface area contributed by atoms with Crippen LogP contribution in [-0.4, -0.2) is 33.5 Å². The van der Waals surface area contributed by atoms with Crippen molar-refractivity contribution < 1.29 is 38.7 Å². The van der Waals surface area contributed by atoms with E-state index in [2.05, 4.69) is 4.74 Å². The van der Waals surface area contributed by atoms with Crippen molar-refractivity contribution in [2.75, 3.05) is 7.11 Å². The molecule has 0 saturated carbocycles. The second kappa shape index (κ2) is 7.90. The Morgan fingerprint density at radius 3 is 1.73 bits per heavy atom. The van der Waals surface area contributed by atoms with Crippen LogP contribution in [0, 0.1) is 18.6 Å². The van der Waals surface area contributed by atoms with Gasteiger partial charge in [0.2, 0.25) is 0 Å². The Hall–Kier alpha value is -3.81. The van der Waals surface area contributed by atoms with Crippen LogP contribution in [0.2, 0.25) is 0 Å². The zero-order valence-corrected chi connectivity index (χ0v) is 16.0. The first-order valence-corrected chi connectivity index (χ1v) is 8.75. The van der Waals surface area contributed by atoms with E-state index in [9.17, 15) is 34.0 Å². The molecule has 0 unspecified atom stereocenters. The SMILES string of the molecule is COC(=O)c1ccc(C(c2cc(F)c(O)cc2O)c2cc(F)c(O)cc2O)c(C)c1. The molecule has 0 saturated heterocycles. The van der Waals surface area contributed by atoms with Gasteiger partial charge in [0.1, 0.15) is 11.5 Å². The summed E-state index contributed by atoms with van der Waals surface area (Å²) >= 11 is 0. The van der Waals surface area contributed by atoms with Gasteiger partial charge in [0.05, 0.1) is 12.7 Å². The number of hydrogen-bond donors (Lipinski definition) is 4. The molecule has 0 radical (unpaired) electrons. The van der Waals surface area contributed by atoms with Crippen molar-refractivity contribution in [1.29, 1.82) is 0 Å². The molecule has 0 amide bonds. The quantitative estimate of drug-likeness (QED) is 0.377. The molecule has 156 valence electrons. The molecule has 0 spiro atoms. The van der Waals surface area contributed by atoms with Crippen LogP contribution in [0.1, 0.15) is 38.5 Å². The number of rotatable bonds is 4. The fourth-order valence-electron chi connectivity index (χ4n) is 3.34. The third kappa shape index (κ3) is 3.71. The minimum atomic E-state index is -1.10. The Kier molecular flexibility index (Phi) is 5.51. The predicted octanol–water partition coefficient (Wildman–Crippen LogP) is 4.06. The first-order chi connectivity index (χ1) is 14.1. The standard InChI is InChI=1S/C22H18F2O6/c1-10-5-11(22(29)30-2)3-4-12(10)21(13-6-15(23)19(27)8-17(13)25)14-7-16(24)20(28)9-18(14)26/h3-9,21,25-28H,1-2H3. The number of phenolic OH excluding ortho intramolecular Hbond substituents is 4. The number of methoxy groups -OCH3 is 1. The number of aryl methyl sites for hydroxylation is 1. The molecule has 0 aliphatic rings. The smallest absolute Gasteiger partial charge is 0.337 e. The highest BCUT2D eigenvalue weighted by Gasteiger charge is 2.27. The van der Waals surface area contributed by atoms with Crippen LogP contribution in [0.25, 0.3) is 0 Å². The monoisotopic (exact) mass is 416 g/mol. The summed E-state index contributed by atoms with van der Waals surface area (Å²) in [5, 5.41) is 39.8. The maximum Gasteiger partial charge on any atom is 0.337 e. The number of aromatic hydroxyl groups is 4. The lowest BCUT2D eigenvalue weighted by Gasteiger charge is -2.23. The lowest BCUT2D eigenvalue weighted by molar-refractivity contribution is 0.0600.